The van der Waals surface area contributed by atoms with E-state index in [-0.39, 0.29) is 5.91 Å². The summed E-state index contributed by atoms with van der Waals surface area (Å²) >= 11 is 1.44. The SMILES string of the molecule is CC(=O)N1C=C2CCC(C1)N2Cc1cc2ncc(Oc3nc4ncccc4s3)cc2o1. The number of furan rings is 1. The first kappa shape index (κ1) is 18.3. The number of aromatic nitrogens is 3. The highest BCUT2D eigenvalue weighted by Crippen LogP contribution is 2.35. The summed E-state index contributed by atoms with van der Waals surface area (Å²) in [5.41, 5.74) is 3.33. The van der Waals surface area contributed by atoms with Gasteiger partial charge >= 0.3 is 0 Å². The second-order valence-electron chi connectivity index (χ2n) is 7.79. The maximum Gasteiger partial charge on any atom is 0.281 e. The van der Waals surface area contributed by atoms with Crippen LogP contribution in [0.15, 0.2) is 53.0 Å². The van der Waals surface area contributed by atoms with Crippen LogP contribution in [-0.2, 0) is 11.3 Å². The average Bonchev–Trinajstić information content (AvgIpc) is 3.40. The highest BCUT2D eigenvalue weighted by Gasteiger charge is 2.35. The summed E-state index contributed by atoms with van der Waals surface area (Å²) < 4.78 is 13.0. The van der Waals surface area contributed by atoms with Crippen LogP contribution >= 0.6 is 11.3 Å². The fourth-order valence-electron chi connectivity index (χ4n) is 4.23. The van der Waals surface area contributed by atoms with Crippen LogP contribution in [0.1, 0.15) is 25.5 Å². The Morgan fingerprint density at radius 1 is 1.35 bits per heavy atom. The monoisotopic (exact) mass is 433 g/mol. The standard InChI is InChI=1S/C22H19N5O3S/c1-13(28)26-10-14-4-5-15(11-26)27(14)12-17-7-18-19(29-17)8-16(9-24-18)30-22-25-21-20(31-22)3-2-6-23-21/h2-3,6-10,15H,4-5,11-12H2,1H3. The molecule has 9 heteroatoms. The zero-order valence-electron chi connectivity index (χ0n) is 16.8. The topological polar surface area (TPSA) is 84.6 Å². The van der Waals surface area contributed by atoms with Crippen molar-refractivity contribution >= 4 is 38.7 Å². The molecular formula is C22H19N5O3S. The van der Waals surface area contributed by atoms with Crippen LogP contribution in [0, 0.1) is 0 Å². The number of amides is 1. The Bertz CT molecular complexity index is 1310. The molecule has 2 aliphatic rings. The fourth-order valence-corrected chi connectivity index (χ4v) is 5.03. The number of carbonyl (C=O) groups excluding carboxylic acids is 1. The van der Waals surface area contributed by atoms with Gasteiger partial charge in [-0.1, -0.05) is 11.3 Å². The second-order valence-corrected chi connectivity index (χ2v) is 8.78. The van der Waals surface area contributed by atoms with Gasteiger partial charge in [0.1, 0.15) is 11.3 Å². The second kappa shape index (κ2) is 7.05. The van der Waals surface area contributed by atoms with Gasteiger partial charge < -0.3 is 19.0 Å². The molecule has 1 amide bonds. The van der Waals surface area contributed by atoms with Crippen LogP contribution in [0.2, 0.25) is 0 Å². The third kappa shape index (κ3) is 3.31. The lowest BCUT2D eigenvalue weighted by atomic mass is 10.2. The quantitative estimate of drug-likeness (QED) is 0.475. The normalized spacial score (nSPS) is 18.1. The first-order valence-corrected chi connectivity index (χ1v) is 11.0. The van der Waals surface area contributed by atoms with Crippen LogP contribution in [0.25, 0.3) is 21.4 Å². The number of rotatable bonds is 4. The van der Waals surface area contributed by atoms with E-state index in [1.54, 1.807) is 19.3 Å². The van der Waals surface area contributed by atoms with Crippen LogP contribution < -0.4 is 4.74 Å². The molecule has 2 bridgehead atoms. The van der Waals surface area contributed by atoms with Crippen molar-refractivity contribution in [1.82, 2.24) is 24.8 Å². The Hall–Kier alpha value is -3.46. The maximum absolute atomic E-state index is 11.7. The van der Waals surface area contributed by atoms with E-state index in [1.807, 2.05) is 35.4 Å². The number of carbonyl (C=O) groups is 1. The van der Waals surface area contributed by atoms with E-state index in [2.05, 4.69) is 19.9 Å². The summed E-state index contributed by atoms with van der Waals surface area (Å²) in [5, 5.41) is 0.522. The molecule has 0 N–H and O–H groups in total. The number of thiazole rings is 1. The third-order valence-electron chi connectivity index (χ3n) is 5.73. The lowest BCUT2D eigenvalue weighted by molar-refractivity contribution is -0.127. The zero-order chi connectivity index (χ0) is 20.9. The van der Waals surface area contributed by atoms with Crippen LogP contribution in [0.3, 0.4) is 0 Å². The van der Waals surface area contributed by atoms with E-state index < -0.39 is 0 Å². The highest BCUT2D eigenvalue weighted by molar-refractivity contribution is 7.20. The molecule has 6 heterocycles. The van der Waals surface area contributed by atoms with Gasteiger partial charge in [-0.25, -0.2) is 9.97 Å². The Morgan fingerprint density at radius 2 is 2.29 bits per heavy atom. The first-order chi connectivity index (χ1) is 15.1. The summed E-state index contributed by atoms with van der Waals surface area (Å²) in [7, 11) is 0. The summed E-state index contributed by atoms with van der Waals surface area (Å²) in [5.74, 6) is 1.51. The lowest BCUT2D eigenvalue weighted by Gasteiger charge is -2.35. The van der Waals surface area contributed by atoms with E-state index in [0.29, 0.717) is 34.8 Å². The minimum Gasteiger partial charge on any atom is -0.457 e. The molecule has 0 aromatic carbocycles. The Morgan fingerprint density at radius 3 is 3.13 bits per heavy atom. The average molecular weight is 433 g/mol. The number of allylic oxidation sites excluding steroid dienone is 1. The van der Waals surface area contributed by atoms with Gasteiger partial charge in [0.15, 0.2) is 17.0 Å². The smallest absolute Gasteiger partial charge is 0.281 e. The number of hydrogen-bond donors (Lipinski definition) is 0. The molecule has 8 nitrogen and oxygen atoms in total. The summed E-state index contributed by atoms with van der Waals surface area (Å²) in [6.45, 7) is 3.01. The predicted molar refractivity (Wildman–Crippen MR) is 116 cm³/mol. The van der Waals surface area contributed by atoms with Crippen LogP contribution in [0.5, 0.6) is 10.9 Å². The van der Waals surface area contributed by atoms with Crippen molar-refractivity contribution < 1.29 is 13.9 Å². The number of hydrogen-bond acceptors (Lipinski definition) is 8. The van der Waals surface area contributed by atoms with E-state index in [9.17, 15) is 4.79 Å². The molecule has 1 fully saturated rings. The van der Waals surface area contributed by atoms with Gasteiger partial charge in [0.25, 0.3) is 5.19 Å². The molecular weight excluding hydrogens is 414 g/mol. The molecule has 156 valence electrons. The van der Waals surface area contributed by atoms with Gasteiger partial charge in [-0.05, 0) is 25.0 Å². The molecule has 0 radical (unpaired) electrons. The van der Waals surface area contributed by atoms with E-state index >= 15 is 0 Å². The predicted octanol–water partition coefficient (Wildman–Crippen LogP) is 4.29. The molecule has 4 aromatic rings. The largest absolute Gasteiger partial charge is 0.457 e. The van der Waals surface area contributed by atoms with Crippen molar-refractivity contribution in [3.63, 3.8) is 0 Å². The Balaban J connectivity index is 1.23. The van der Waals surface area contributed by atoms with E-state index in [0.717, 1.165) is 35.4 Å². The molecule has 0 saturated carbocycles. The third-order valence-corrected chi connectivity index (χ3v) is 6.62. The molecule has 6 rings (SSSR count). The summed E-state index contributed by atoms with van der Waals surface area (Å²) in [6.07, 6.45) is 7.42. The molecule has 0 aliphatic carbocycles. The van der Waals surface area contributed by atoms with Crippen LogP contribution in [0.4, 0.5) is 0 Å². The minimum absolute atomic E-state index is 0.0911. The molecule has 1 unspecified atom stereocenters. The molecule has 1 saturated heterocycles. The molecule has 4 aromatic heterocycles. The number of fused-ring (bicyclic) bond motifs is 4. The number of nitrogens with zero attached hydrogens (tertiary/aromatic N) is 5. The van der Waals surface area contributed by atoms with Crippen molar-refractivity contribution in [2.24, 2.45) is 0 Å². The maximum atomic E-state index is 11.7. The van der Waals surface area contributed by atoms with Crippen molar-refractivity contribution in [3.05, 3.63) is 54.3 Å². The molecule has 31 heavy (non-hydrogen) atoms. The van der Waals surface area contributed by atoms with Gasteiger partial charge in [0, 0.05) is 49.7 Å². The zero-order valence-corrected chi connectivity index (χ0v) is 17.6. The molecule has 0 spiro atoms. The first-order valence-electron chi connectivity index (χ1n) is 10.1. The van der Waals surface area contributed by atoms with Gasteiger partial charge in [-0.15, -0.1) is 0 Å². The van der Waals surface area contributed by atoms with Gasteiger partial charge in [-0.3, -0.25) is 4.79 Å². The van der Waals surface area contributed by atoms with Crippen molar-refractivity contribution in [1.29, 1.82) is 0 Å². The Kier molecular flexibility index (Phi) is 4.17. The lowest BCUT2D eigenvalue weighted by Crippen LogP contribution is -2.43. The van der Waals surface area contributed by atoms with Crippen molar-refractivity contribution in [2.45, 2.75) is 32.4 Å². The van der Waals surface area contributed by atoms with E-state index in [4.69, 9.17) is 9.15 Å². The van der Waals surface area contributed by atoms with Crippen LogP contribution in [-0.4, -0.2) is 43.2 Å². The van der Waals surface area contributed by atoms with Gasteiger partial charge in [0.05, 0.1) is 17.4 Å². The number of ether oxygens (including phenoxy) is 1. The van der Waals surface area contributed by atoms with Crippen molar-refractivity contribution in [2.75, 3.05) is 6.54 Å². The summed E-state index contributed by atoms with van der Waals surface area (Å²) in [6, 6.07) is 7.98. The molecule has 2 aliphatic heterocycles. The summed E-state index contributed by atoms with van der Waals surface area (Å²) in [4.78, 5) is 29.0. The van der Waals surface area contributed by atoms with Gasteiger partial charge in [-0.2, -0.15) is 4.98 Å². The highest BCUT2D eigenvalue weighted by atomic mass is 32.1. The van der Waals surface area contributed by atoms with E-state index in [1.165, 1.54) is 17.0 Å². The number of pyridine rings is 2. The van der Waals surface area contributed by atoms with Crippen molar-refractivity contribution in [3.8, 4) is 10.9 Å². The molecule has 1 atom stereocenters. The fraction of sp³-hybridized carbons (Fsp3) is 0.273. The minimum atomic E-state index is 0.0911. The van der Waals surface area contributed by atoms with Gasteiger partial charge in [0.2, 0.25) is 5.91 Å². The Labute approximate surface area is 181 Å².